The highest BCUT2D eigenvalue weighted by Crippen LogP contribution is 2.37. The lowest BCUT2D eigenvalue weighted by Gasteiger charge is -2.47. The van der Waals surface area contributed by atoms with E-state index in [-0.39, 0.29) is 17.7 Å². The van der Waals surface area contributed by atoms with Gasteiger partial charge in [-0.3, -0.25) is 4.79 Å². The Morgan fingerprint density at radius 1 is 1.00 bits per heavy atom. The van der Waals surface area contributed by atoms with E-state index in [9.17, 15) is 4.79 Å². The summed E-state index contributed by atoms with van der Waals surface area (Å²) in [5.41, 5.74) is 5.30. The monoisotopic (exact) mass is 298 g/mol. The number of amides is 1. The summed E-state index contributed by atoms with van der Waals surface area (Å²) in [4.78, 5) is 12.5. The Kier molecular flexibility index (Phi) is 8.53. The maximum absolute atomic E-state index is 12.5. The maximum atomic E-state index is 12.5. The minimum atomic E-state index is -0.620. The predicted octanol–water partition coefficient (Wildman–Crippen LogP) is 3.82. The van der Waals surface area contributed by atoms with Crippen LogP contribution in [0.5, 0.6) is 0 Å². The van der Waals surface area contributed by atoms with Crippen molar-refractivity contribution in [2.45, 2.75) is 73.8 Å². The van der Waals surface area contributed by atoms with E-state index in [0.717, 1.165) is 19.4 Å². The number of nitrogens with one attached hydrogen (secondary N) is 1. The standard InChI is InChI=1S/C18H38N2O/c1-9-15(10-2)11-20-18(14(7)8,17(19)21)16(12(3)4)13(5)6/h12-16,20H,9-11H2,1-8H3,(H2,19,21). The Balaban J connectivity index is 5.59. The number of primary amides is 1. The predicted molar refractivity (Wildman–Crippen MR) is 92.0 cm³/mol. The average Bonchev–Trinajstić information content (AvgIpc) is 2.36. The van der Waals surface area contributed by atoms with Crippen molar-refractivity contribution in [2.75, 3.05) is 6.54 Å². The highest BCUT2D eigenvalue weighted by atomic mass is 16.1. The molecule has 3 heteroatoms. The Morgan fingerprint density at radius 3 is 1.67 bits per heavy atom. The zero-order valence-corrected chi connectivity index (χ0v) is 15.5. The van der Waals surface area contributed by atoms with Gasteiger partial charge < -0.3 is 11.1 Å². The van der Waals surface area contributed by atoms with Crippen LogP contribution >= 0.6 is 0 Å². The fourth-order valence-electron chi connectivity index (χ4n) is 3.95. The van der Waals surface area contributed by atoms with Crippen LogP contribution in [0.4, 0.5) is 0 Å². The van der Waals surface area contributed by atoms with Gasteiger partial charge in [-0.25, -0.2) is 0 Å². The number of carbonyl (C=O) groups is 1. The SMILES string of the molecule is CCC(CC)CNC(C(N)=O)(C(C)C)C(C(C)C)C(C)C. The Labute approximate surface area is 132 Å². The lowest BCUT2D eigenvalue weighted by molar-refractivity contribution is -0.131. The zero-order valence-electron chi connectivity index (χ0n) is 15.5. The van der Waals surface area contributed by atoms with E-state index in [1.165, 1.54) is 0 Å². The van der Waals surface area contributed by atoms with Gasteiger partial charge in [-0.2, -0.15) is 0 Å². The summed E-state index contributed by atoms with van der Waals surface area (Å²) in [6.07, 6.45) is 2.26. The fourth-order valence-corrected chi connectivity index (χ4v) is 3.95. The first-order chi connectivity index (χ1) is 9.64. The molecule has 21 heavy (non-hydrogen) atoms. The lowest BCUT2D eigenvalue weighted by Crippen LogP contribution is -2.66. The molecule has 0 heterocycles. The molecule has 3 nitrogen and oxygen atoms in total. The number of rotatable bonds is 10. The van der Waals surface area contributed by atoms with Gasteiger partial charge in [-0.1, -0.05) is 68.2 Å². The average molecular weight is 299 g/mol. The molecule has 0 saturated heterocycles. The van der Waals surface area contributed by atoms with Crippen molar-refractivity contribution in [1.82, 2.24) is 5.32 Å². The maximum Gasteiger partial charge on any atom is 0.238 e. The third-order valence-electron chi connectivity index (χ3n) is 5.12. The third kappa shape index (κ3) is 4.70. The molecule has 0 rings (SSSR count). The number of hydrogen-bond acceptors (Lipinski definition) is 2. The molecule has 126 valence electrons. The van der Waals surface area contributed by atoms with E-state index in [4.69, 9.17) is 5.73 Å². The zero-order chi connectivity index (χ0) is 16.8. The number of nitrogens with two attached hydrogens (primary N) is 1. The molecular weight excluding hydrogens is 260 g/mol. The molecule has 0 spiro atoms. The van der Waals surface area contributed by atoms with Crippen LogP contribution in [-0.2, 0) is 4.79 Å². The van der Waals surface area contributed by atoms with Crippen LogP contribution < -0.4 is 11.1 Å². The van der Waals surface area contributed by atoms with Crippen LogP contribution in [0.2, 0.25) is 0 Å². The van der Waals surface area contributed by atoms with Gasteiger partial charge in [0.15, 0.2) is 0 Å². The first-order valence-electron chi connectivity index (χ1n) is 8.69. The van der Waals surface area contributed by atoms with Crippen LogP contribution in [0.25, 0.3) is 0 Å². The summed E-state index contributed by atoms with van der Waals surface area (Å²) < 4.78 is 0. The van der Waals surface area contributed by atoms with Gasteiger partial charge in [0.2, 0.25) is 5.91 Å². The quantitative estimate of drug-likeness (QED) is 0.644. The Bertz CT molecular complexity index is 300. The molecule has 0 bridgehead atoms. The second kappa shape index (κ2) is 8.77. The van der Waals surface area contributed by atoms with E-state index in [2.05, 4.69) is 60.7 Å². The van der Waals surface area contributed by atoms with E-state index in [1.807, 2.05) is 0 Å². The van der Waals surface area contributed by atoms with E-state index in [0.29, 0.717) is 17.8 Å². The van der Waals surface area contributed by atoms with Gasteiger partial charge >= 0.3 is 0 Å². The molecule has 0 aliphatic heterocycles. The molecule has 0 aliphatic carbocycles. The summed E-state index contributed by atoms with van der Waals surface area (Å²) in [5, 5.41) is 3.62. The van der Waals surface area contributed by atoms with Crippen LogP contribution in [0.15, 0.2) is 0 Å². The Morgan fingerprint density at radius 2 is 1.43 bits per heavy atom. The summed E-state index contributed by atoms with van der Waals surface area (Å²) in [5.74, 6) is 1.64. The van der Waals surface area contributed by atoms with Crippen molar-refractivity contribution >= 4 is 5.91 Å². The smallest absolute Gasteiger partial charge is 0.238 e. The van der Waals surface area contributed by atoms with E-state index in [1.54, 1.807) is 0 Å². The fraction of sp³-hybridized carbons (Fsp3) is 0.944. The second-order valence-electron chi connectivity index (χ2n) is 7.47. The van der Waals surface area contributed by atoms with Crippen LogP contribution in [0.3, 0.4) is 0 Å². The van der Waals surface area contributed by atoms with Gasteiger partial charge in [-0.15, -0.1) is 0 Å². The topological polar surface area (TPSA) is 55.1 Å². The second-order valence-corrected chi connectivity index (χ2v) is 7.47. The summed E-state index contributed by atoms with van der Waals surface area (Å²) in [6, 6.07) is 0. The summed E-state index contributed by atoms with van der Waals surface area (Å²) >= 11 is 0. The van der Waals surface area contributed by atoms with Crippen LogP contribution in [0.1, 0.15) is 68.2 Å². The minimum absolute atomic E-state index is 0.180. The van der Waals surface area contributed by atoms with E-state index < -0.39 is 5.54 Å². The molecule has 3 N–H and O–H groups in total. The molecule has 1 atom stereocenters. The molecule has 1 amide bonds. The highest BCUT2D eigenvalue weighted by Gasteiger charge is 2.49. The van der Waals surface area contributed by atoms with Crippen molar-refractivity contribution in [3.63, 3.8) is 0 Å². The molecule has 0 saturated carbocycles. The van der Waals surface area contributed by atoms with Gasteiger partial charge in [0.05, 0.1) is 0 Å². The molecule has 0 fully saturated rings. The van der Waals surface area contributed by atoms with Crippen LogP contribution in [-0.4, -0.2) is 18.0 Å². The molecule has 0 aromatic rings. The third-order valence-corrected chi connectivity index (χ3v) is 5.12. The van der Waals surface area contributed by atoms with Crippen molar-refractivity contribution in [3.8, 4) is 0 Å². The van der Waals surface area contributed by atoms with Gasteiger partial charge in [0.25, 0.3) is 0 Å². The number of carbonyl (C=O) groups excluding carboxylic acids is 1. The highest BCUT2D eigenvalue weighted by molar-refractivity contribution is 5.85. The van der Waals surface area contributed by atoms with Crippen molar-refractivity contribution in [3.05, 3.63) is 0 Å². The summed E-state index contributed by atoms with van der Waals surface area (Å²) in [7, 11) is 0. The molecule has 0 aromatic carbocycles. The van der Waals surface area contributed by atoms with Crippen molar-refractivity contribution in [1.29, 1.82) is 0 Å². The largest absolute Gasteiger partial charge is 0.368 e. The molecule has 1 unspecified atom stereocenters. The minimum Gasteiger partial charge on any atom is -0.368 e. The molecule has 0 aromatic heterocycles. The van der Waals surface area contributed by atoms with E-state index >= 15 is 0 Å². The lowest BCUT2D eigenvalue weighted by atomic mass is 9.65. The van der Waals surface area contributed by atoms with Gasteiger partial charge in [0.1, 0.15) is 5.54 Å². The van der Waals surface area contributed by atoms with Crippen molar-refractivity contribution < 1.29 is 4.79 Å². The first-order valence-corrected chi connectivity index (χ1v) is 8.69. The summed E-state index contributed by atoms with van der Waals surface area (Å²) in [6.45, 7) is 18.3. The van der Waals surface area contributed by atoms with Gasteiger partial charge in [-0.05, 0) is 36.1 Å². The molecular formula is C18H38N2O. The van der Waals surface area contributed by atoms with Crippen molar-refractivity contribution in [2.24, 2.45) is 35.3 Å². The first kappa shape index (κ1) is 20.4. The van der Waals surface area contributed by atoms with Gasteiger partial charge in [0, 0.05) is 0 Å². The number of hydrogen-bond donors (Lipinski definition) is 2. The normalized spacial score (nSPS) is 15.5. The Hall–Kier alpha value is -0.570. The molecule has 0 aliphatic rings. The molecule has 0 radical (unpaired) electrons. The van der Waals surface area contributed by atoms with Crippen LogP contribution in [0, 0.1) is 29.6 Å².